The number of piperidine rings is 3. The molecule has 0 unspecified atom stereocenters. The normalized spacial score (nSPS) is 29.4. The first-order valence-electron chi connectivity index (χ1n) is 10.8. The van der Waals surface area contributed by atoms with E-state index in [1.807, 2.05) is 35.2 Å². The molecule has 0 saturated carbocycles. The molecule has 0 aliphatic carbocycles. The molecule has 5 rings (SSSR count). The minimum Gasteiger partial charge on any atom is -0.351 e. The summed E-state index contributed by atoms with van der Waals surface area (Å²) < 4.78 is 0. The number of carbonyl (C=O) groups is 2. The van der Waals surface area contributed by atoms with Gasteiger partial charge in [-0.25, -0.2) is 0 Å². The molecule has 1 aromatic heterocycles. The van der Waals surface area contributed by atoms with Gasteiger partial charge in [0.25, 0.3) is 5.91 Å². The minimum absolute atomic E-state index is 0.0927. The van der Waals surface area contributed by atoms with Crippen LogP contribution in [0.3, 0.4) is 0 Å². The summed E-state index contributed by atoms with van der Waals surface area (Å²) in [4.78, 5) is 35.9. The van der Waals surface area contributed by atoms with Gasteiger partial charge in [-0.2, -0.15) is 0 Å². The maximum absolute atomic E-state index is 13.4. The van der Waals surface area contributed by atoms with Gasteiger partial charge in [0.2, 0.25) is 5.91 Å². The van der Waals surface area contributed by atoms with E-state index in [0.29, 0.717) is 29.9 Å². The highest BCUT2D eigenvalue weighted by molar-refractivity contribution is 5.98. The predicted octanol–water partition coefficient (Wildman–Crippen LogP) is 2.57. The van der Waals surface area contributed by atoms with E-state index in [1.54, 1.807) is 0 Å². The van der Waals surface area contributed by atoms with E-state index in [1.165, 1.54) is 0 Å². The molecule has 0 spiro atoms. The molecule has 2 bridgehead atoms. The van der Waals surface area contributed by atoms with Crippen molar-refractivity contribution in [3.63, 3.8) is 0 Å². The largest absolute Gasteiger partial charge is 0.351 e. The van der Waals surface area contributed by atoms with Gasteiger partial charge in [0, 0.05) is 49.0 Å². The molecule has 3 fully saturated rings. The van der Waals surface area contributed by atoms with Gasteiger partial charge in [0.1, 0.15) is 5.69 Å². The van der Waals surface area contributed by atoms with Gasteiger partial charge < -0.3 is 19.7 Å². The van der Waals surface area contributed by atoms with Crippen LogP contribution >= 0.6 is 0 Å². The summed E-state index contributed by atoms with van der Waals surface area (Å²) in [6, 6.07) is 10.5. The summed E-state index contributed by atoms with van der Waals surface area (Å²) in [5.74, 6) is 1.15. The third-order valence-corrected chi connectivity index (χ3v) is 7.10. The molecular formula is C23H30N4O2. The number of hydrogen-bond acceptors (Lipinski definition) is 3. The van der Waals surface area contributed by atoms with Gasteiger partial charge in [-0.1, -0.05) is 18.2 Å². The molecule has 1 N–H and O–H groups in total. The van der Waals surface area contributed by atoms with E-state index in [4.69, 9.17) is 0 Å². The average Bonchev–Trinajstić information content (AvgIpc) is 3.14. The highest BCUT2D eigenvalue weighted by atomic mass is 16.2. The molecule has 2 amide bonds. The molecule has 29 heavy (non-hydrogen) atoms. The first-order chi connectivity index (χ1) is 14.0. The van der Waals surface area contributed by atoms with Crippen molar-refractivity contribution >= 4 is 22.7 Å². The van der Waals surface area contributed by atoms with Crippen molar-refractivity contribution in [3.05, 3.63) is 36.0 Å². The van der Waals surface area contributed by atoms with E-state index in [-0.39, 0.29) is 18.0 Å². The van der Waals surface area contributed by atoms with Crippen LogP contribution in [0.15, 0.2) is 30.3 Å². The number of aromatic nitrogens is 1. The number of carbonyl (C=O) groups excluding carboxylic acids is 2. The number of nitrogens with zero attached hydrogens (tertiary/aromatic N) is 3. The Balaban J connectivity index is 1.43. The maximum Gasteiger partial charge on any atom is 0.270 e. The fourth-order valence-electron chi connectivity index (χ4n) is 5.91. The van der Waals surface area contributed by atoms with Crippen molar-refractivity contribution in [1.29, 1.82) is 0 Å². The smallest absolute Gasteiger partial charge is 0.270 e. The molecule has 3 aliphatic rings. The highest BCUT2D eigenvalue weighted by Crippen LogP contribution is 2.42. The van der Waals surface area contributed by atoms with Crippen molar-refractivity contribution in [1.82, 2.24) is 19.7 Å². The van der Waals surface area contributed by atoms with Gasteiger partial charge in [0.15, 0.2) is 0 Å². The number of rotatable bonds is 3. The molecule has 3 aliphatic heterocycles. The third-order valence-electron chi connectivity index (χ3n) is 7.10. The van der Waals surface area contributed by atoms with Crippen LogP contribution in [0.1, 0.15) is 36.2 Å². The van der Waals surface area contributed by atoms with E-state index >= 15 is 0 Å². The highest BCUT2D eigenvalue weighted by Gasteiger charge is 2.50. The van der Waals surface area contributed by atoms with Crippen LogP contribution in [0.2, 0.25) is 0 Å². The second kappa shape index (κ2) is 7.17. The monoisotopic (exact) mass is 394 g/mol. The molecule has 4 atom stereocenters. The van der Waals surface area contributed by atoms with Gasteiger partial charge in [-0.05, 0) is 57.3 Å². The first kappa shape index (κ1) is 18.7. The lowest BCUT2D eigenvalue weighted by atomic mass is 9.72. The van der Waals surface area contributed by atoms with E-state index in [2.05, 4.69) is 28.9 Å². The predicted molar refractivity (Wildman–Crippen MR) is 113 cm³/mol. The van der Waals surface area contributed by atoms with Crippen LogP contribution in [0.5, 0.6) is 0 Å². The van der Waals surface area contributed by atoms with Gasteiger partial charge in [-0.3, -0.25) is 9.59 Å². The van der Waals surface area contributed by atoms with Crippen molar-refractivity contribution in [2.24, 2.45) is 11.8 Å². The second-order valence-electron chi connectivity index (χ2n) is 9.33. The standard InChI is InChI=1S/C23H30N4O2/c1-25(2)14-21-17-10-16(20-8-5-9-22(28)27(20)21)12-26(13-17)23(29)19-11-15-6-3-4-7-18(15)24-19/h3-4,6-7,11,16-17,20-21,24H,5,8-10,12-14H2,1-2H3/t16-,17+,20+,21+/m1/s1. The van der Waals surface area contributed by atoms with Crippen LogP contribution in [0, 0.1) is 11.8 Å². The van der Waals surface area contributed by atoms with E-state index < -0.39 is 0 Å². The molecule has 6 nitrogen and oxygen atoms in total. The number of para-hydroxylation sites is 1. The Kier molecular flexibility index (Phi) is 4.62. The minimum atomic E-state index is 0.0927. The molecular weight excluding hydrogens is 364 g/mol. The number of nitrogens with one attached hydrogen (secondary N) is 1. The molecule has 3 saturated heterocycles. The summed E-state index contributed by atoms with van der Waals surface area (Å²) in [5.41, 5.74) is 1.68. The Morgan fingerprint density at radius 1 is 1.21 bits per heavy atom. The van der Waals surface area contributed by atoms with Crippen LogP contribution in [0.4, 0.5) is 0 Å². The number of likely N-dealkylation sites (tertiary alicyclic amines) is 1. The number of H-pyrrole nitrogens is 1. The van der Waals surface area contributed by atoms with E-state index in [9.17, 15) is 9.59 Å². The van der Waals surface area contributed by atoms with Crippen LogP contribution in [-0.2, 0) is 4.79 Å². The summed E-state index contributed by atoms with van der Waals surface area (Å²) in [7, 11) is 4.15. The Morgan fingerprint density at radius 2 is 2.00 bits per heavy atom. The van der Waals surface area contributed by atoms with Crippen LogP contribution in [0.25, 0.3) is 10.9 Å². The van der Waals surface area contributed by atoms with Gasteiger partial charge >= 0.3 is 0 Å². The molecule has 154 valence electrons. The first-order valence-corrected chi connectivity index (χ1v) is 10.8. The SMILES string of the molecule is CN(C)C[C@H]1[C@H]2C[C@H](CN(C(=O)c3cc4ccccc4[nH]3)C2)[C@@H]2CCCC(=O)N21. The lowest BCUT2D eigenvalue weighted by molar-refractivity contribution is -0.152. The molecule has 6 heteroatoms. The number of likely N-dealkylation sites (N-methyl/N-ethyl adjacent to an activating group) is 1. The fraction of sp³-hybridized carbons (Fsp3) is 0.565. The summed E-state index contributed by atoms with van der Waals surface area (Å²) in [5, 5.41) is 1.07. The number of aromatic amines is 1. The number of amides is 2. The van der Waals surface area contributed by atoms with Gasteiger partial charge in [-0.15, -0.1) is 0 Å². The zero-order valence-electron chi connectivity index (χ0n) is 17.3. The summed E-state index contributed by atoms with van der Waals surface area (Å²) in [6.07, 6.45) is 3.86. The number of benzene rings is 1. The maximum atomic E-state index is 13.4. The average molecular weight is 395 g/mol. The van der Waals surface area contributed by atoms with Crippen molar-refractivity contribution in [2.75, 3.05) is 33.7 Å². The fourth-order valence-corrected chi connectivity index (χ4v) is 5.91. The van der Waals surface area contributed by atoms with Crippen LogP contribution in [-0.4, -0.2) is 77.3 Å². The number of fused-ring (bicyclic) bond motifs is 5. The van der Waals surface area contributed by atoms with E-state index in [0.717, 1.165) is 49.8 Å². The van der Waals surface area contributed by atoms with Crippen molar-refractivity contribution < 1.29 is 9.59 Å². The zero-order valence-corrected chi connectivity index (χ0v) is 17.3. The molecule has 0 radical (unpaired) electrons. The second-order valence-corrected chi connectivity index (χ2v) is 9.33. The quantitative estimate of drug-likeness (QED) is 0.871. The lowest BCUT2D eigenvalue weighted by Crippen LogP contribution is -2.67. The summed E-state index contributed by atoms with van der Waals surface area (Å²) in [6.45, 7) is 2.36. The summed E-state index contributed by atoms with van der Waals surface area (Å²) >= 11 is 0. The van der Waals surface area contributed by atoms with Crippen molar-refractivity contribution in [3.8, 4) is 0 Å². The molecule has 2 aromatic rings. The lowest BCUT2D eigenvalue weighted by Gasteiger charge is -2.57. The Bertz CT molecular complexity index is 903. The topological polar surface area (TPSA) is 59.7 Å². The Hall–Kier alpha value is -2.34. The number of hydrogen-bond donors (Lipinski definition) is 1. The Labute approximate surface area is 171 Å². The zero-order chi connectivity index (χ0) is 20.1. The Morgan fingerprint density at radius 3 is 2.79 bits per heavy atom. The van der Waals surface area contributed by atoms with Gasteiger partial charge in [0.05, 0.1) is 0 Å². The molecule has 1 aromatic carbocycles. The molecule has 4 heterocycles. The van der Waals surface area contributed by atoms with Crippen molar-refractivity contribution in [2.45, 2.75) is 37.8 Å². The van der Waals surface area contributed by atoms with Crippen LogP contribution < -0.4 is 0 Å². The third kappa shape index (κ3) is 3.23.